The van der Waals surface area contributed by atoms with E-state index in [1.54, 1.807) is 6.92 Å². The third-order valence-corrected chi connectivity index (χ3v) is 2.50. The quantitative estimate of drug-likeness (QED) is 0.790. The lowest BCUT2D eigenvalue weighted by molar-refractivity contribution is -0.143. The highest BCUT2D eigenvalue weighted by Crippen LogP contribution is 2.16. The van der Waals surface area contributed by atoms with Crippen molar-refractivity contribution in [3.05, 3.63) is 35.9 Å². The highest BCUT2D eigenvalue weighted by atomic mass is 16.5. The third kappa shape index (κ3) is 5.09. The van der Waals surface area contributed by atoms with Crippen LogP contribution in [0.1, 0.15) is 25.5 Å². The average molecular weight is 265 g/mol. The van der Waals surface area contributed by atoms with Crippen molar-refractivity contribution < 1.29 is 19.1 Å². The zero-order valence-electron chi connectivity index (χ0n) is 11.4. The van der Waals surface area contributed by atoms with Crippen LogP contribution in [0.3, 0.4) is 0 Å². The molecule has 1 aromatic carbocycles. The van der Waals surface area contributed by atoms with Gasteiger partial charge in [-0.1, -0.05) is 30.3 Å². The topological polar surface area (TPSA) is 64.6 Å². The SMILES string of the molecule is CO[C@@H](C(=O)N[C@@H](C)COC(C)=O)c1ccccc1. The number of esters is 1. The van der Waals surface area contributed by atoms with Crippen LogP contribution in [0, 0.1) is 0 Å². The first-order valence-corrected chi connectivity index (χ1v) is 6.06. The van der Waals surface area contributed by atoms with Gasteiger partial charge in [0.2, 0.25) is 0 Å². The van der Waals surface area contributed by atoms with E-state index >= 15 is 0 Å². The molecule has 0 aromatic heterocycles. The summed E-state index contributed by atoms with van der Waals surface area (Å²) >= 11 is 0. The standard InChI is InChI=1S/C14H19NO4/c1-10(9-19-11(2)16)15-14(17)13(18-3)12-7-5-4-6-8-12/h4-8,10,13H,9H2,1-3H3,(H,15,17)/t10-,13+/m0/s1. The molecule has 0 aliphatic heterocycles. The molecule has 0 heterocycles. The number of amides is 1. The number of benzene rings is 1. The van der Waals surface area contributed by atoms with E-state index < -0.39 is 6.10 Å². The Hall–Kier alpha value is -1.88. The summed E-state index contributed by atoms with van der Waals surface area (Å²) in [5.74, 6) is -0.624. The predicted molar refractivity (Wildman–Crippen MR) is 70.4 cm³/mol. The zero-order chi connectivity index (χ0) is 14.3. The Balaban J connectivity index is 2.57. The van der Waals surface area contributed by atoms with Gasteiger partial charge in [0.05, 0.1) is 6.04 Å². The molecule has 0 aliphatic rings. The van der Waals surface area contributed by atoms with Gasteiger partial charge in [-0.05, 0) is 12.5 Å². The molecule has 19 heavy (non-hydrogen) atoms. The van der Waals surface area contributed by atoms with Gasteiger partial charge in [0, 0.05) is 14.0 Å². The monoisotopic (exact) mass is 265 g/mol. The van der Waals surface area contributed by atoms with E-state index in [9.17, 15) is 9.59 Å². The Morgan fingerprint density at radius 3 is 2.42 bits per heavy atom. The Kier molecular flexibility index (Phi) is 6.02. The molecular formula is C14H19NO4. The molecule has 0 aliphatic carbocycles. The zero-order valence-corrected chi connectivity index (χ0v) is 11.4. The molecule has 0 radical (unpaired) electrons. The van der Waals surface area contributed by atoms with E-state index in [0.29, 0.717) is 0 Å². The Morgan fingerprint density at radius 1 is 1.26 bits per heavy atom. The summed E-state index contributed by atoms with van der Waals surface area (Å²) in [4.78, 5) is 22.7. The minimum atomic E-state index is -0.666. The van der Waals surface area contributed by atoms with Crippen molar-refractivity contribution in [1.29, 1.82) is 0 Å². The number of rotatable bonds is 6. The van der Waals surface area contributed by atoms with Crippen LogP contribution in [0.4, 0.5) is 0 Å². The number of hydrogen-bond donors (Lipinski definition) is 1. The molecule has 5 nitrogen and oxygen atoms in total. The van der Waals surface area contributed by atoms with E-state index in [0.717, 1.165) is 5.56 Å². The maximum Gasteiger partial charge on any atom is 0.302 e. The lowest BCUT2D eigenvalue weighted by Gasteiger charge is -2.19. The average Bonchev–Trinajstić information content (AvgIpc) is 2.38. The number of methoxy groups -OCH3 is 1. The number of nitrogens with one attached hydrogen (secondary N) is 1. The van der Waals surface area contributed by atoms with Crippen molar-refractivity contribution in [2.45, 2.75) is 26.0 Å². The second kappa shape index (κ2) is 7.53. The molecule has 2 atom stereocenters. The minimum Gasteiger partial charge on any atom is -0.464 e. The maximum absolute atomic E-state index is 12.1. The molecular weight excluding hydrogens is 246 g/mol. The predicted octanol–water partition coefficient (Wildman–Crippen LogP) is 1.44. The van der Waals surface area contributed by atoms with Crippen molar-refractivity contribution in [3.8, 4) is 0 Å². The van der Waals surface area contributed by atoms with Crippen LogP contribution < -0.4 is 5.32 Å². The third-order valence-electron chi connectivity index (χ3n) is 2.50. The summed E-state index contributed by atoms with van der Waals surface area (Å²) in [5, 5.41) is 2.74. The van der Waals surface area contributed by atoms with Gasteiger partial charge in [0.25, 0.3) is 5.91 Å². The van der Waals surface area contributed by atoms with Gasteiger partial charge >= 0.3 is 5.97 Å². The lowest BCUT2D eigenvalue weighted by Crippen LogP contribution is -2.39. The fourth-order valence-electron chi connectivity index (χ4n) is 1.62. The van der Waals surface area contributed by atoms with Gasteiger partial charge in [-0.2, -0.15) is 0 Å². The smallest absolute Gasteiger partial charge is 0.302 e. The van der Waals surface area contributed by atoms with Crippen LogP contribution >= 0.6 is 0 Å². The highest BCUT2D eigenvalue weighted by Gasteiger charge is 2.21. The summed E-state index contributed by atoms with van der Waals surface area (Å²) in [7, 11) is 1.48. The number of hydrogen-bond acceptors (Lipinski definition) is 4. The molecule has 0 saturated carbocycles. The Labute approximate surface area is 112 Å². The van der Waals surface area contributed by atoms with Gasteiger partial charge < -0.3 is 14.8 Å². The first kappa shape index (κ1) is 15.2. The number of carbonyl (C=O) groups is 2. The van der Waals surface area contributed by atoms with E-state index in [1.807, 2.05) is 30.3 Å². The van der Waals surface area contributed by atoms with E-state index in [2.05, 4.69) is 5.32 Å². The van der Waals surface area contributed by atoms with Crippen molar-refractivity contribution in [2.24, 2.45) is 0 Å². The second-order valence-electron chi connectivity index (χ2n) is 4.24. The molecule has 0 bridgehead atoms. The molecule has 1 N–H and O–H groups in total. The summed E-state index contributed by atoms with van der Waals surface area (Å²) in [6, 6.07) is 8.94. The fourth-order valence-corrected chi connectivity index (χ4v) is 1.62. The second-order valence-corrected chi connectivity index (χ2v) is 4.24. The van der Waals surface area contributed by atoms with Crippen LogP contribution in [0.5, 0.6) is 0 Å². The van der Waals surface area contributed by atoms with E-state index in [-0.39, 0.29) is 24.5 Å². The van der Waals surface area contributed by atoms with Crippen molar-refractivity contribution in [1.82, 2.24) is 5.32 Å². The van der Waals surface area contributed by atoms with Gasteiger partial charge in [0.1, 0.15) is 6.61 Å². The van der Waals surface area contributed by atoms with Crippen LogP contribution in [0.2, 0.25) is 0 Å². The van der Waals surface area contributed by atoms with Crippen molar-refractivity contribution in [3.63, 3.8) is 0 Å². The van der Waals surface area contributed by atoms with Gasteiger partial charge in [0.15, 0.2) is 6.10 Å². The number of ether oxygens (including phenoxy) is 2. The van der Waals surface area contributed by atoms with Crippen LogP contribution in [-0.4, -0.2) is 31.6 Å². The van der Waals surface area contributed by atoms with Gasteiger partial charge in [-0.3, -0.25) is 9.59 Å². The molecule has 1 rings (SSSR count). The molecule has 0 spiro atoms. The van der Waals surface area contributed by atoms with Gasteiger partial charge in [-0.15, -0.1) is 0 Å². The molecule has 104 valence electrons. The van der Waals surface area contributed by atoms with Crippen molar-refractivity contribution in [2.75, 3.05) is 13.7 Å². The highest BCUT2D eigenvalue weighted by molar-refractivity contribution is 5.82. The summed E-state index contributed by atoms with van der Waals surface area (Å²) in [6.45, 7) is 3.24. The van der Waals surface area contributed by atoms with Gasteiger partial charge in [-0.25, -0.2) is 0 Å². The van der Waals surface area contributed by atoms with Crippen LogP contribution in [0.15, 0.2) is 30.3 Å². The lowest BCUT2D eigenvalue weighted by atomic mass is 10.1. The molecule has 0 saturated heterocycles. The molecule has 1 aromatic rings. The Bertz CT molecular complexity index is 419. The first-order valence-electron chi connectivity index (χ1n) is 6.06. The maximum atomic E-state index is 12.1. The van der Waals surface area contributed by atoms with Crippen LogP contribution in [-0.2, 0) is 19.1 Å². The normalized spacial score (nSPS) is 13.4. The summed E-state index contributed by atoms with van der Waals surface area (Å²) in [6.07, 6.45) is -0.666. The van der Waals surface area contributed by atoms with Crippen LogP contribution in [0.25, 0.3) is 0 Å². The van der Waals surface area contributed by atoms with E-state index in [4.69, 9.17) is 9.47 Å². The van der Waals surface area contributed by atoms with E-state index in [1.165, 1.54) is 14.0 Å². The largest absolute Gasteiger partial charge is 0.464 e. The first-order chi connectivity index (χ1) is 9.04. The molecule has 0 fully saturated rings. The van der Waals surface area contributed by atoms with Crippen molar-refractivity contribution >= 4 is 11.9 Å². The Morgan fingerprint density at radius 2 is 1.89 bits per heavy atom. The summed E-state index contributed by atoms with van der Waals surface area (Å²) < 4.78 is 10.0. The fraction of sp³-hybridized carbons (Fsp3) is 0.429. The minimum absolute atomic E-state index is 0.145. The molecule has 1 amide bonds. The molecule has 0 unspecified atom stereocenters. The molecule has 5 heteroatoms. The number of carbonyl (C=O) groups excluding carboxylic acids is 2. The summed E-state index contributed by atoms with van der Waals surface area (Å²) in [5.41, 5.74) is 0.780.